The summed E-state index contributed by atoms with van der Waals surface area (Å²) >= 11 is 0. The molecule has 7 nitrogen and oxygen atoms in total. The van der Waals surface area contributed by atoms with Gasteiger partial charge in [0.25, 0.3) is 0 Å². The van der Waals surface area contributed by atoms with Gasteiger partial charge in [-0.25, -0.2) is 9.13 Å². The summed E-state index contributed by atoms with van der Waals surface area (Å²) in [5.74, 6) is 1.25. The molecule has 164 valence electrons. The molecule has 0 aliphatic rings. The predicted octanol–water partition coefficient (Wildman–Crippen LogP) is 1.36. The van der Waals surface area contributed by atoms with Crippen molar-refractivity contribution in [3.05, 3.63) is 90.0 Å². The summed E-state index contributed by atoms with van der Waals surface area (Å²) in [6, 6.07) is 23.9. The maximum absolute atomic E-state index is 4.65. The number of rotatable bonds is 5. The van der Waals surface area contributed by atoms with E-state index in [4.69, 9.17) is 0 Å². The molecule has 0 saturated carbocycles. The fraction of sp³-hybridized carbons (Fsp3) is 0.208. The van der Waals surface area contributed by atoms with Crippen LogP contribution in [0.5, 0.6) is 0 Å². The highest BCUT2D eigenvalue weighted by atomic mass is 35.5. The van der Waals surface area contributed by atoms with Crippen LogP contribution in [-0.4, -0.2) is 15.0 Å². The lowest BCUT2D eigenvalue weighted by atomic mass is 10.2. The molecule has 0 fully saturated rings. The number of hydrogen-bond donors (Lipinski definition) is 0. The van der Waals surface area contributed by atoms with Crippen molar-refractivity contribution in [1.29, 1.82) is 0 Å². The first-order valence-electron chi connectivity index (χ1n) is 10.4. The number of azo groups is 1. The van der Waals surface area contributed by atoms with Gasteiger partial charge in [-0.2, -0.15) is 0 Å². The smallest absolute Gasteiger partial charge is 0.422 e. The number of imidazole rings is 1. The Morgan fingerprint density at radius 2 is 1.62 bits per heavy atom. The van der Waals surface area contributed by atoms with E-state index in [0.29, 0.717) is 5.84 Å². The summed E-state index contributed by atoms with van der Waals surface area (Å²) < 4.78 is 6.24. The van der Waals surface area contributed by atoms with Crippen LogP contribution >= 0.6 is 0 Å². The average Bonchev–Trinajstić information content (AvgIpc) is 3.13. The summed E-state index contributed by atoms with van der Waals surface area (Å²) in [6.07, 6.45) is 1.93. The molecule has 2 aromatic heterocycles. The lowest BCUT2D eigenvalue weighted by molar-refractivity contribution is -0.655. The molecule has 2 aromatic carbocycles. The molecule has 0 aliphatic heterocycles. The van der Waals surface area contributed by atoms with Crippen molar-refractivity contribution < 1.29 is 17.0 Å². The summed E-state index contributed by atoms with van der Waals surface area (Å²) in [6.45, 7) is 5.82. The van der Waals surface area contributed by atoms with Gasteiger partial charge in [-0.3, -0.25) is 0 Å². The van der Waals surface area contributed by atoms with Crippen LogP contribution in [0.1, 0.15) is 19.4 Å². The second-order valence-electron chi connectivity index (χ2n) is 7.04. The van der Waals surface area contributed by atoms with Gasteiger partial charge in [0.05, 0.1) is 13.1 Å². The van der Waals surface area contributed by atoms with Gasteiger partial charge in [-0.15, -0.1) is 10.2 Å². The van der Waals surface area contributed by atoms with Crippen LogP contribution in [0.3, 0.4) is 0 Å². The Kier molecular flexibility index (Phi) is 7.68. The molecule has 8 heteroatoms. The number of fused-ring (bicyclic) bond motifs is 1. The molecule has 4 aromatic rings. The molecule has 0 spiro atoms. The Labute approximate surface area is 193 Å². The van der Waals surface area contributed by atoms with E-state index in [9.17, 15) is 0 Å². The van der Waals surface area contributed by atoms with Gasteiger partial charge in [0.2, 0.25) is 5.84 Å². The van der Waals surface area contributed by atoms with E-state index in [1.807, 2.05) is 78.5 Å². The maximum atomic E-state index is 4.65. The van der Waals surface area contributed by atoms with Gasteiger partial charge in [0.1, 0.15) is 11.0 Å². The lowest BCUT2D eigenvalue weighted by Crippen LogP contribution is -3.00. The van der Waals surface area contributed by atoms with Crippen LogP contribution in [-0.2, 0) is 20.1 Å². The van der Waals surface area contributed by atoms with Crippen molar-refractivity contribution in [3.8, 4) is 0 Å². The average molecular weight is 448 g/mol. The van der Waals surface area contributed by atoms with Crippen molar-refractivity contribution in [1.82, 2.24) is 9.13 Å². The molecular formula is C24H26ClN7. The number of benzene rings is 2. The molecule has 32 heavy (non-hydrogen) atoms. The molecule has 0 N–H and O–H groups in total. The van der Waals surface area contributed by atoms with E-state index < -0.39 is 0 Å². The number of pyridine rings is 1. The molecule has 0 atom stereocenters. The second kappa shape index (κ2) is 10.6. The van der Waals surface area contributed by atoms with E-state index >= 15 is 0 Å². The molecule has 4 rings (SSSR count). The number of aromatic nitrogens is 3. The molecule has 0 saturated heterocycles. The number of para-hydroxylation sites is 2. The SMILES string of the molecule is CCn1c(N=NC(=NN=c2ccccn2C)c2ccccc2)[n+](CC)c2ccccc21.[Cl-]. The highest BCUT2D eigenvalue weighted by Crippen LogP contribution is 2.20. The first kappa shape index (κ1) is 23.1. The molecule has 0 aliphatic carbocycles. The van der Waals surface area contributed by atoms with Crippen LogP contribution in [0, 0.1) is 0 Å². The van der Waals surface area contributed by atoms with Gasteiger partial charge >= 0.3 is 5.95 Å². The van der Waals surface area contributed by atoms with Gasteiger partial charge in [0, 0.05) is 23.9 Å². The molecule has 0 unspecified atom stereocenters. The zero-order valence-corrected chi connectivity index (χ0v) is 19.2. The minimum atomic E-state index is 0. The summed E-state index contributed by atoms with van der Waals surface area (Å²) in [7, 11) is 1.93. The monoisotopic (exact) mass is 447 g/mol. The first-order valence-corrected chi connectivity index (χ1v) is 10.4. The predicted molar refractivity (Wildman–Crippen MR) is 122 cm³/mol. The van der Waals surface area contributed by atoms with Crippen LogP contribution in [0.2, 0.25) is 0 Å². The number of amidine groups is 1. The van der Waals surface area contributed by atoms with Crippen molar-refractivity contribution in [3.63, 3.8) is 0 Å². The van der Waals surface area contributed by atoms with Gasteiger partial charge in [-0.1, -0.05) is 48.5 Å². The van der Waals surface area contributed by atoms with Crippen molar-refractivity contribution in [2.45, 2.75) is 26.9 Å². The van der Waals surface area contributed by atoms with Crippen molar-refractivity contribution >= 4 is 22.8 Å². The van der Waals surface area contributed by atoms with Crippen LogP contribution < -0.4 is 22.5 Å². The third-order valence-electron chi connectivity index (χ3n) is 5.12. The van der Waals surface area contributed by atoms with Crippen LogP contribution in [0.15, 0.2) is 99.4 Å². The Morgan fingerprint density at radius 1 is 0.906 bits per heavy atom. The fourth-order valence-electron chi connectivity index (χ4n) is 3.54. The van der Waals surface area contributed by atoms with E-state index in [0.717, 1.165) is 41.1 Å². The largest absolute Gasteiger partial charge is 1.00 e. The van der Waals surface area contributed by atoms with Crippen LogP contribution in [0.25, 0.3) is 11.0 Å². The minimum Gasteiger partial charge on any atom is -1.00 e. The van der Waals surface area contributed by atoms with Crippen molar-refractivity contribution in [2.75, 3.05) is 0 Å². The van der Waals surface area contributed by atoms with E-state index in [-0.39, 0.29) is 12.4 Å². The fourth-order valence-corrected chi connectivity index (χ4v) is 3.54. The Balaban J connectivity index is 0.00000289. The number of nitrogens with zero attached hydrogens (tertiary/aromatic N) is 7. The zero-order chi connectivity index (χ0) is 21.6. The van der Waals surface area contributed by atoms with Gasteiger partial charge in [-0.05, 0) is 43.2 Å². The minimum absolute atomic E-state index is 0. The Hall–Kier alpha value is -3.58. The van der Waals surface area contributed by atoms with Gasteiger partial charge in [0.15, 0.2) is 5.49 Å². The molecule has 0 radical (unpaired) electrons. The zero-order valence-electron chi connectivity index (χ0n) is 18.4. The number of halogens is 1. The number of aryl methyl sites for hydroxylation is 3. The van der Waals surface area contributed by atoms with Crippen LogP contribution in [0.4, 0.5) is 5.95 Å². The first-order chi connectivity index (χ1) is 15.2. The summed E-state index contributed by atoms with van der Waals surface area (Å²) in [5.41, 5.74) is 3.87. The summed E-state index contributed by atoms with van der Waals surface area (Å²) in [4.78, 5) is 0. The Bertz CT molecular complexity index is 1280. The third-order valence-corrected chi connectivity index (χ3v) is 5.12. The highest BCUT2D eigenvalue weighted by Gasteiger charge is 2.22. The molecule has 0 bridgehead atoms. The van der Waals surface area contributed by atoms with Crippen molar-refractivity contribution in [2.24, 2.45) is 27.5 Å². The lowest BCUT2D eigenvalue weighted by Gasteiger charge is -1.99. The second-order valence-corrected chi connectivity index (χ2v) is 7.04. The normalized spacial score (nSPS) is 12.5. The Morgan fingerprint density at radius 3 is 2.34 bits per heavy atom. The maximum Gasteiger partial charge on any atom is 0.422 e. The van der Waals surface area contributed by atoms with E-state index in [1.54, 1.807) is 0 Å². The van der Waals surface area contributed by atoms with E-state index in [2.05, 4.69) is 55.5 Å². The third kappa shape index (κ3) is 4.68. The van der Waals surface area contributed by atoms with E-state index in [1.165, 1.54) is 0 Å². The van der Waals surface area contributed by atoms with Gasteiger partial charge < -0.3 is 17.0 Å². The molecule has 2 heterocycles. The molecular weight excluding hydrogens is 422 g/mol. The quantitative estimate of drug-likeness (QED) is 0.146. The highest BCUT2D eigenvalue weighted by molar-refractivity contribution is 5.99. The summed E-state index contributed by atoms with van der Waals surface area (Å²) in [5, 5.41) is 18.1. The topological polar surface area (TPSA) is 63.2 Å². The molecule has 0 amide bonds. The number of hydrogen-bond acceptors (Lipinski definition) is 3. The standard InChI is InChI=1S/C24H26N7.ClH/c1-4-30-20-15-9-10-16-21(20)31(5-2)24(30)28-27-23(19-13-7-6-8-14-19)26-25-22-17-11-12-18-29(22)3;/h6-18H,4-5H2,1-3H3;1H/q+1;/p-1.